The summed E-state index contributed by atoms with van der Waals surface area (Å²) in [5.41, 5.74) is 1.92. The molecule has 3 rings (SSSR count). The molecule has 0 saturated carbocycles. The van der Waals surface area contributed by atoms with Gasteiger partial charge in [0.15, 0.2) is 0 Å². The van der Waals surface area contributed by atoms with E-state index in [2.05, 4.69) is 26.4 Å². The van der Waals surface area contributed by atoms with Crippen LogP contribution in [0.1, 0.15) is 36.4 Å². The molecule has 1 aromatic carbocycles. The largest absolute Gasteiger partial charge is 0.497 e. The molecule has 1 aromatic heterocycles. The van der Waals surface area contributed by atoms with Crippen molar-refractivity contribution in [3.63, 3.8) is 0 Å². The summed E-state index contributed by atoms with van der Waals surface area (Å²) in [6.07, 6.45) is 3.61. The number of rotatable bonds is 8. The van der Waals surface area contributed by atoms with Gasteiger partial charge in [-0.3, -0.25) is 4.90 Å². The molecule has 2 aromatic rings. The average Bonchev–Trinajstić information content (AvgIpc) is 3.17. The van der Waals surface area contributed by atoms with Crippen LogP contribution in [0.25, 0.3) is 0 Å². The molecule has 0 aliphatic carbocycles. The van der Waals surface area contributed by atoms with E-state index in [-0.39, 0.29) is 11.8 Å². The van der Waals surface area contributed by atoms with Gasteiger partial charge in [-0.25, -0.2) is 13.1 Å². The summed E-state index contributed by atoms with van der Waals surface area (Å²) in [6.45, 7) is 2.46. The zero-order chi connectivity index (χ0) is 18.4. The zero-order valence-electron chi connectivity index (χ0n) is 15.1. The van der Waals surface area contributed by atoms with Gasteiger partial charge < -0.3 is 4.74 Å². The first-order chi connectivity index (χ1) is 12.6. The Kier molecular flexibility index (Phi) is 6.69. The molecular formula is C19H26N2O3S2. The summed E-state index contributed by atoms with van der Waals surface area (Å²) in [5.74, 6) is 0.628. The number of benzene rings is 1. The summed E-state index contributed by atoms with van der Waals surface area (Å²) >= 11 is 1.65. The summed E-state index contributed by atoms with van der Waals surface area (Å²) in [6, 6.07) is 9.39. The Hall–Kier alpha value is -1.41. The molecule has 1 unspecified atom stereocenters. The fraction of sp³-hybridized carbons (Fsp3) is 0.474. The topological polar surface area (TPSA) is 58.6 Å². The predicted molar refractivity (Wildman–Crippen MR) is 106 cm³/mol. The van der Waals surface area contributed by atoms with E-state index in [0.29, 0.717) is 12.3 Å². The molecule has 1 N–H and O–H groups in total. The van der Waals surface area contributed by atoms with E-state index in [9.17, 15) is 8.42 Å². The number of hydrogen-bond donors (Lipinski definition) is 1. The van der Waals surface area contributed by atoms with E-state index in [1.54, 1.807) is 24.5 Å². The van der Waals surface area contributed by atoms with Crippen molar-refractivity contribution < 1.29 is 13.2 Å². The second-order valence-corrected chi connectivity index (χ2v) is 9.22. The van der Waals surface area contributed by atoms with E-state index in [1.165, 1.54) is 24.8 Å². The zero-order valence-corrected chi connectivity index (χ0v) is 16.7. The highest BCUT2D eigenvalue weighted by Crippen LogP contribution is 2.26. The molecule has 1 fully saturated rings. The predicted octanol–water partition coefficient (Wildman–Crippen LogP) is 3.40. The van der Waals surface area contributed by atoms with Gasteiger partial charge in [0.05, 0.1) is 12.9 Å². The van der Waals surface area contributed by atoms with Crippen molar-refractivity contribution in [1.82, 2.24) is 9.62 Å². The summed E-state index contributed by atoms with van der Waals surface area (Å²) in [4.78, 5) is 2.40. The van der Waals surface area contributed by atoms with E-state index in [0.717, 1.165) is 18.7 Å². The molecule has 0 radical (unpaired) electrons. The van der Waals surface area contributed by atoms with Crippen LogP contribution in [0.3, 0.4) is 0 Å². The average molecular weight is 395 g/mol. The molecule has 7 heteroatoms. The Bertz CT molecular complexity index is 785. The van der Waals surface area contributed by atoms with Crippen molar-refractivity contribution >= 4 is 21.4 Å². The number of piperidine rings is 1. The maximum Gasteiger partial charge on any atom is 0.215 e. The smallest absolute Gasteiger partial charge is 0.215 e. The van der Waals surface area contributed by atoms with Crippen LogP contribution in [0.4, 0.5) is 0 Å². The Morgan fingerprint density at radius 1 is 1.23 bits per heavy atom. The molecule has 142 valence electrons. The van der Waals surface area contributed by atoms with Gasteiger partial charge in [0, 0.05) is 12.6 Å². The lowest BCUT2D eigenvalue weighted by Gasteiger charge is -2.34. The van der Waals surface area contributed by atoms with Gasteiger partial charge in [-0.05, 0) is 66.0 Å². The van der Waals surface area contributed by atoms with Crippen molar-refractivity contribution in [2.75, 3.05) is 26.7 Å². The third-order valence-electron chi connectivity index (χ3n) is 4.75. The number of sulfonamides is 1. The number of nitrogens with one attached hydrogen (secondary N) is 1. The number of methoxy groups -OCH3 is 1. The SMILES string of the molecule is COc1cccc(CS(=O)(=O)NCC(c2ccsc2)N2CCCCC2)c1. The van der Waals surface area contributed by atoms with E-state index in [1.807, 2.05) is 18.2 Å². The maximum absolute atomic E-state index is 12.6. The van der Waals surface area contributed by atoms with E-state index < -0.39 is 10.0 Å². The molecule has 1 saturated heterocycles. The third-order valence-corrected chi connectivity index (χ3v) is 6.77. The minimum atomic E-state index is -3.41. The second kappa shape index (κ2) is 8.99. The van der Waals surface area contributed by atoms with Crippen LogP contribution in [-0.4, -0.2) is 40.1 Å². The lowest BCUT2D eigenvalue weighted by Crippen LogP contribution is -2.40. The van der Waals surface area contributed by atoms with Crippen LogP contribution in [0.15, 0.2) is 41.1 Å². The van der Waals surface area contributed by atoms with Crippen LogP contribution < -0.4 is 9.46 Å². The molecule has 2 heterocycles. The van der Waals surface area contributed by atoms with Crippen molar-refractivity contribution in [1.29, 1.82) is 0 Å². The summed E-state index contributed by atoms with van der Waals surface area (Å²) in [7, 11) is -1.83. The first-order valence-corrected chi connectivity index (χ1v) is 11.5. The summed E-state index contributed by atoms with van der Waals surface area (Å²) in [5, 5.41) is 4.17. The number of nitrogens with zero attached hydrogens (tertiary/aromatic N) is 1. The Morgan fingerprint density at radius 3 is 2.73 bits per heavy atom. The van der Waals surface area contributed by atoms with Crippen molar-refractivity contribution in [3.8, 4) is 5.75 Å². The van der Waals surface area contributed by atoms with Crippen LogP contribution in [0.5, 0.6) is 5.75 Å². The molecule has 0 amide bonds. The molecule has 5 nitrogen and oxygen atoms in total. The van der Waals surface area contributed by atoms with Crippen LogP contribution in [-0.2, 0) is 15.8 Å². The molecule has 0 bridgehead atoms. The van der Waals surface area contributed by atoms with Gasteiger partial charge in [-0.1, -0.05) is 18.6 Å². The van der Waals surface area contributed by atoms with E-state index >= 15 is 0 Å². The number of thiophene rings is 1. The molecule has 1 aliphatic rings. The normalized spacial score (nSPS) is 17.1. The molecule has 1 atom stereocenters. The van der Waals surface area contributed by atoms with Crippen LogP contribution >= 0.6 is 11.3 Å². The molecule has 1 aliphatic heterocycles. The van der Waals surface area contributed by atoms with Gasteiger partial charge in [-0.15, -0.1) is 0 Å². The molecule has 0 spiro atoms. The highest BCUT2D eigenvalue weighted by atomic mass is 32.2. The van der Waals surface area contributed by atoms with Crippen molar-refractivity contribution in [2.24, 2.45) is 0 Å². The Labute approximate surface area is 160 Å². The highest BCUT2D eigenvalue weighted by Gasteiger charge is 2.24. The lowest BCUT2D eigenvalue weighted by atomic mass is 10.0. The first kappa shape index (κ1) is 19.4. The second-order valence-electron chi connectivity index (χ2n) is 6.63. The quantitative estimate of drug-likeness (QED) is 0.745. The minimum absolute atomic E-state index is 0.0411. The third kappa shape index (κ3) is 5.30. The monoisotopic (exact) mass is 394 g/mol. The highest BCUT2D eigenvalue weighted by molar-refractivity contribution is 7.88. The summed E-state index contributed by atoms with van der Waals surface area (Å²) < 4.78 is 33.2. The molecular weight excluding hydrogens is 368 g/mol. The number of likely N-dealkylation sites (tertiary alicyclic amines) is 1. The number of hydrogen-bond acceptors (Lipinski definition) is 5. The van der Waals surface area contributed by atoms with E-state index in [4.69, 9.17) is 4.74 Å². The van der Waals surface area contributed by atoms with Crippen molar-refractivity contribution in [2.45, 2.75) is 31.1 Å². The first-order valence-electron chi connectivity index (χ1n) is 8.94. The Balaban J connectivity index is 1.67. The van der Waals surface area contributed by atoms with Gasteiger partial charge in [0.2, 0.25) is 10.0 Å². The van der Waals surface area contributed by atoms with Crippen molar-refractivity contribution in [3.05, 3.63) is 52.2 Å². The molecule has 26 heavy (non-hydrogen) atoms. The lowest BCUT2D eigenvalue weighted by molar-refractivity contribution is 0.165. The standard InChI is InChI=1S/C19H26N2O3S2/c1-24-18-7-5-6-16(12-18)15-26(22,23)20-13-19(17-8-11-25-14-17)21-9-3-2-4-10-21/h5-8,11-12,14,19-20H,2-4,9-10,13,15H2,1H3. The minimum Gasteiger partial charge on any atom is -0.497 e. The van der Waals surface area contributed by atoms with Crippen LogP contribution in [0.2, 0.25) is 0 Å². The van der Waals surface area contributed by atoms with Crippen LogP contribution in [0, 0.1) is 0 Å². The Morgan fingerprint density at radius 2 is 2.04 bits per heavy atom. The maximum atomic E-state index is 12.6. The van der Waals surface area contributed by atoms with Gasteiger partial charge >= 0.3 is 0 Å². The van der Waals surface area contributed by atoms with Gasteiger partial charge in [0.1, 0.15) is 5.75 Å². The fourth-order valence-electron chi connectivity index (χ4n) is 3.39. The fourth-order valence-corrected chi connectivity index (χ4v) is 5.23. The van der Waals surface area contributed by atoms with Gasteiger partial charge in [-0.2, -0.15) is 11.3 Å². The van der Waals surface area contributed by atoms with Gasteiger partial charge in [0.25, 0.3) is 0 Å². The number of ether oxygens (including phenoxy) is 1.